The summed E-state index contributed by atoms with van der Waals surface area (Å²) < 4.78 is 0. The maximum Gasteiger partial charge on any atom is 0.231 e. The molecule has 16 heavy (non-hydrogen) atoms. The first-order valence-electron chi connectivity index (χ1n) is 4.91. The monoisotopic (exact) mass is 238 g/mol. The van der Waals surface area contributed by atoms with Gasteiger partial charge < -0.3 is 0 Å². The third-order valence-electron chi connectivity index (χ3n) is 0. The first kappa shape index (κ1) is 61.2. The fourth-order valence-corrected chi connectivity index (χ4v) is 0. The Kier molecular flexibility index (Phi) is 14800. The number of hydrogen-bond acceptors (Lipinski definition) is 4. The van der Waals surface area contributed by atoms with Crippen LogP contribution < -0.4 is 0 Å². The maximum atomic E-state index is 8.35. The summed E-state index contributed by atoms with van der Waals surface area (Å²) in [5.74, 6) is 0. The minimum absolute atomic E-state index is 0. The molecule has 0 aliphatic carbocycles. The first-order chi connectivity index (χ1) is 6.83. The van der Waals surface area contributed by atoms with Crippen LogP contribution in [0.1, 0.15) is 70.2 Å². The SMILES string of the molecule is C.C.CC.CC.CC.CC.N=C=O.N=C=O. The number of rotatable bonds is 0. The van der Waals surface area contributed by atoms with Gasteiger partial charge in [-0.1, -0.05) is 70.2 Å². The van der Waals surface area contributed by atoms with E-state index in [0.717, 1.165) is 12.2 Å². The van der Waals surface area contributed by atoms with Crippen LogP contribution in [0.25, 0.3) is 0 Å². The van der Waals surface area contributed by atoms with E-state index in [1.807, 2.05) is 55.4 Å². The van der Waals surface area contributed by atoms with Crippen LogP contribution >= 0.6 is 0 Å². The second-order valence-corrected chi connectivity index (χ2v) is 0.204. The largest absolute Gasteiger partial charge is 0.231 e. The van der Waals surface area contributed by atoms with Crippen molar-refractivity contribution < 1.29 is 9.59 Å². The van der Waals surface area contributed by atoms with Gasteiger partial charge in [-0.25, -0.2) is 20.4 Å². The second kappa shape index (κ2) is 3880. The van der Waals surface area contributed by atoms with Crippen molar-refractivity contribution in [1.82, 2.24) is 0 Å². The molecule has 0 fully saturated rings. The van der Waals surface area contributed by atoms with Crippen LogP contribution in [0, 0.1) is 10.8 Å². The standard InChI is InChI=1S/4C2H6.2CHNO.2CH4/c4*1-2;2*2-1-3;;/h4*1-2H3;2*2H;2*1H4. The van der Waals surface area contributed by atoms with E-state index in [1.165, 1.54) is 0 Å². The number of nitrogens with one attached hydrogen (secondary N) is 2. The molecule has 0 aromatic heterocycles. The van der Waals surface area contributed by atoms with Gasteiger partial charge in [-0.15, -0.1) is 0 Å². The molecule has 0 bridgehead atoms. The number of isocyanates is 2. The Morgan fingerprint density at radius 2 is 0.562 bits per heavy atom. The minimum atomic E-state index is 0. The summed E-state index contributed by atoms with van der Waals surface area (Å²) in [6, 6.07) is 0. The summed E-state index contributed by atoms with van der Waals surface area (Å²) in [7, 11) is 0. The zero-order valence-corrected chi connectivity index (χ0v) is 10.8. The van der Waals surface area contributed by atoms with Crippen LogP contribution in [0.2, 0.25) is 0 Å². The molecule has 0 aliphatic rings. The van der Waals surface area contributed by atoms with Crippen molar-refractivity contribution in [3.8, 4) is 0 Å². The van der Waals surface area contributed by atoms with Crippen LogP contribution in [-0.2, 0) is 9.59 Å². The topological polar surface area (TPSA) is 81.8 Å². The van der Waals surface area contributed by atoms with Gasteiger partial charge in [0, 0.05) is 0 Å². The van der Waals surface area contributed by atoms with E-state index < -0.39 is 0 Å². The molecule has 0 aliphatic heterocycles. The molecule has 0 aromatic carbocycles. The molecule has 0 rings (SSSR count). The fourth-order valence-electron chi connectivity index (χ4n) is 0. The van der Waals surface area contributed by atoms with Crippen molar-refractivity contribution in [3.05, 3.63) is 0 Å². The molecule has 0 radical (unpaired) electrons. The predicted molar refractivity (Wildman–Crippen MR) is 75.7 cm³/mol. The van der Waals surface area contributed by atoms with E-state index in [4.69, 9.17) is 20.4 Å². The van der Waals surface area contributed by atoms with E-state index in [-0.39, 0.29) is 14.9 Å². The van der Waals surface area contributed by atoms with Gasteiger partial charge >= 0.3 is 0 Å². The lowest BCUT2D eigenvalue weighted by atomic mass is 11.0. The summed E-state index contributed by atoms with van der Waals surface area (Å²) in [6.45, 7) is 16.0. The van der Waals surface area contributed by atoms with E-state index in [9.17, 15) is 0 Å². The van der Waals surface area contributed by atoms with Crippen molar-refractivity contribution in [3.63, 3.8) is 0 Å². The molecule has 0 aromatic rings. The zero-order valence-electron chi connectivity index (χ0n) is 10.8. The van der Waals surface area contributed by atoms with Crippen molar-refractivity contribution >= 4 is 12.2 Å². The molecular formula is C12H34N2O2. The van der Waals surface area contributed by atoms with Crippen LogP contribution in [0.4, 0.5) is 0 Å². The lowest BCUT2D eigenvalue weighted by Gasteiger charge is -1.07. The lowest BCUT2D eigenvalue weighted by molar-refractivity contribution is 0.562. The molecule has 0 atom stereocenters. The predicted octanol–water partition coefficient (Wildman–Crippen LogP) is 5.18. The zero-order chi connectivity index (χ0) is 13.4. The second-order valence-electron chi connectivity index (χ2n) is 0.204. The third kappa shape index (κ3) is 1150. The molecular weight excluding hydrogens is 204 g/mol. The van der Waals surface area contributed by atoms with Gasteiger partial charge in [0.25, 0.3) is 0 Å². The molecule has 104 valence electrons. The normalized spacial score (nSPS) is 2.50. The molecule has 0 saturated carbocycles. The van der Waals surface area contributed by atoms with Crippen molar-refractivity contribution in [1.29, 1.82) is 10.8 Å². The average molecular weight is 238 g/mol. The van der Waals surface area contributed by atoms with Crippen LogP contribution in [0.15, 0.2) is 0 Å². The van der Waals surface area contributed by atoms with Crippen LogP contribution in [-0.4, -0.2) is 12.2 Å². The highest BCUT2D eigenvalue weighted by atomic mass is 16.1. The van der Waals surface area contributed by atoms with E-state index >= 15 is 0 Å². The van der Waals surface area contributed by atoms with Gasteiger partial charge in [-0.05, 0) is 0 Å². The van der Waals surface area contributed by atoms with E-state index in [0.29, 0.717) is 0 Å². The molecule has 4 heteroatoms. The number of hydrogen-bond donors (Lipinski definition) is 2. The van der Waals surface area contributed by atoms with Gasteiger partial charge in [0.2, 0.25) is 12.2 Å². The maximum absolute atomic E-state index is 8.35. The molecule has 0 amide bonds. The Labute approximate surface area is 103 Å². The highest BCUT2D eigenvalue weighted by Crippen LogP contribution is 1.15. The van der Waals surface area contributed by atoms with Crippen molar-refractivity contribution in [2.24, 2.45) is 0 Å². The molecule has 4 nitrogen and oxygen atoms in total. The molecule has 0 unspecified atom stereocenters. The summed E-state index contributed by atoms with van der Waals surface area (Å²) in [6.07, 6.45) is 1.50. The smallest absolute Gasteiger partial charge is 0.222 e. The average Bonchev–Trinajstić information content (AvgIpc) is 2.31. The van der Waals surface area contributed by atoms with Gasteiger partial charge in [0.05, 0.1) is 0 Å². The summed E-state index contributed by atoms with van der Waals surface area (Å²) in [4.78, 5) is 16.7. The first-order valence-corrected chi connectivity index (χ1v) is 4.91. The van der Waals surface area contributed by atoms with Crippen LogP contribution in [0.3, 0.4) is 0 Å². The molecule has 0 spiro atoms. The van der Waals surface area contributed by atoms with Gasteiger partial charge in [-0.3, -0.25) is 0 Å². The quantitative estimate of drug-likeness (QED) is 0.450. The van der Waals surface area contributed by atoms with Crippen LogP contribution in [0.5, 0.6) is 0 Å². The summed E-state index contributed by atoms with van der Waals surface area (Å²) >= 11 is 0. The molecule has 0 heterocycles. The molecule has 0 saturated heterocycles. The molecule has 2 N–H and O–H groups in total. The van der Waals surface area contributed by atoms with Gasteiger partial charge in [0.15, 0.2) is 0 Å². The Morgan fingerprint density at radius 1 is 0.562 bits per heavy atom. The van der Waals surface area contributed by atoms with Gasteiger partial charge in [-0.2, -0.15) is 0 Å². The summed E-state index contributed by atoms with van der Waals surface area (Å²) in [5.41, 5.74) is 0. The van der Waals surface area contributed by atoms with Gasteiger partial charge in [0.1, 0.15) is 0 Å². The van der Waals surface area contributed by atoms with Crippen molar-refractivity contribution in [2.45, 2.75) is 70.2 Å². The van der Waals surface area contributed by atoms with Crippen molar-refractivity contribution in [2.75, 3.05) is 0 Å². The Bertz CT molecular complexity index is 71.0. The third-order valence-corrected chi connectivity index (χ3v) is 0. The number of carbonyl (C=O) groups excluding carboxylic acids is 2. The minimum Gasteiger partial charge on any atom is -0.222 e. The Balaban J connectivity index is -0.00000000791. The highest BCUT2D eigenvalue weighted by Gasteiger charge is 1.04. The highest BCUT2D eigenvalue weighted by molar-refractivity contribution is 5.26. The fraction of sp³-hybridized carbons (Fsp3) is 0.833. The summed E-state index contributed by atoms with van der Waals surface area (Å²) in [5, 5.41) is 10.8. The Hall–Kier alpha value is -1.24. The van der Waals surface area contributed by atoms with E-state index in [2.05, 4.69) is 0 Å². The lowest BCUT2D eigenvalue weighted by Crippen LogP contribution is -1.16. The Morgan fingerprint density at radius 3 is 0.562 bits per heavy atom. The van der Waals surface area contributed by atoms with E-state index in [1.54, 1.807) is 0 Å².